The van der Waals surface area contributed by atoms with Crippen molar-refractivity contribution in [1.29, 1.82) is 0 Å². The van der Waals surface area contributed by atoms with Crippen LogP contribution in [0.1, 0.15) is 16.8 Å². The number of hydrazone groups is 1. The maximum Gasteiger partial charge on any atom is 0.203 e. The first-order valence-corrected chi connectivity index (χ1v) is 6.90. The van der Waals surface area contributed by atoms with Crippen molar-refractivity contribution in [3.8, 4) is 0 Å². The van der Waals surface area contributed by atoms with E-state index in [9.17, 15) is 4.39 Å². The van der Waals surface area contributed by atoms with Gasteiger partial charge in [0.25, 0.3) is 0 Å². The van der Waals surface area contributed by atoms with Crippen LogP contribution in [-0.2, 0) is 0 Å². The Morgan fingerprint density at radius 2 is 2.22 bits per heavy atom. The van der Waals surface area contributed by atoms with E-state index >= 15 is 0 Å². The van der Waals surface area contributed by atoms with Gasteiger partial charge in [-0.05, 0) is 31.5 Å². The highest BCUT2D eigenvalue weighted by molar-refractivity contribution is 9.10. The van der Waals surface area contributed by atoms with Crippen LogP contribution in [0, 0.1) is 19.7 Å². The molecule has 0 amide bonds. The third-order valence-corrected chi connectivity index (χ3v) is 3.81. The molecule has 0 spiro atoms. The van der Waals surface area contributed by atoms with Crippen LogP contribution in [0.15, 0.2) is 27.1 Å². The Kier molecular flexibility index (Phi) is 4.08. The average molecular weight is 328 g/mol. The van der Waals surface area contributed by atoms with Crippen molar-refractivity contribution in [2.75, 3.05) is 5.43 Å². The molecule has 3 nitrogen and oxygen atoms in total. The summed E-state index contributed by atoms with van der Waals surface area (Å²) in [5.41, 5.74) is 5.19. The summed E-state index contributed by atoms with van der Waals surface area (Å²) >= 11 is 4.79. The second kappa shape index (κ2) is 5.58. The highest BCUT2D eigenvalue weighted by atomic mass is 79.9. The molecule has 0 aliphatic carbocycles. The number of hydrogen-bond acceptors (Lipinski definition) is 4. The second-order valence-corrected chi connectivity index (χ2v) is 5.50. The zero-order chi connectivity index (χ0) is 13.1. The number of hydrogen-bond donors (Lipinski definition) is 1. The number of benzene rings is 1. The molecule has 0 fully saturated rings. The van der Waals surface area contributed by atoms with Crippen molar-refractivity contribution >= 4 is 38.6 Å². The summed E-state index contributed by atoms with van der Waals surface area (Å²) in [4.78, 5) is 4.22. The molecular weight excluding hydrogens is 317 g/mol. The Bertz CT molecular complexity index is 595. The highest BCUT2D eigenvalue weighted by Gasteiger charge is 2.03. The van der Waals surface area contributed by atoms with Gasteiger partial charge in [0.2, 0.25) is 5.13 Å². The molecule has 0 saturated carbocycles. The molecule has 0 bridgehead atoms. The van der Waals surface area contributed by atoms with Crippen LogP contribution in [0.3, 0.4) is 0 Å². The fourth-order valence-electron chi connectivity index (χ4n) is 1.34. The summed E-state index contributed by atoms with van der Waals surface area (Å²) in [7, 11) is 0. The number of aromatic nitrogens is 1. The largest absolute Gasteiger partial charge is 0.253 e. The third kappa shape index (κ3) is 3.14. The molecule has 1 heterocycles. The van der Waals surface area contributed by atoms with Crippen molar-refractivity contribution in [2.45, 2.75) is 13.8 Å². The fourth-order valence-corrected chi connectivity index (χ4v) is 2.40. The summed E-state index contributed by atoms with van der Waals surface area (Å²) in [6, 6.07) is 3.17. The molecule has 94 valence electrons. The van der Waals surface area contributed by atoms with Gasteiger partial charge in [0.15, 0.2) is 0 Å². The minimum atomic E-state index is -0.234. The van der Waals surface area contributed by atoms with Crippen molar-refractivity contribution in [2.24, 2.45) is 5.10 Å². The van der Waals surface area contributed by atoms with Crippen molar-refractivity contribution in [1.82, 2.24) is 4.98 Å². The molecule has 18 heavy (non-hydrogen) atoms. The Hall–Kier alpha value is -1.27. The van der Waals surface area contributed by atoms with E-state index in [1.165, 1.54) is 17.4 Å². The van der Waals surface area contributed by atoms with E-state index in [1.54, 1.807) is 19.2 Å². The number of nitrogens with zero attached hydrogens (tertiary/aromatic N) is 2. The van der Waals surface area contributed by atoms with Gasteiger partial charge in [-0.25, -0.2) is 9.37 Å². The molecule has 0 atom stereocenters. The average Bonchev–Trinajstić information content (AvgIpc) is 2.71. The normalized spacial score (nSPS) is 11.1. The van der Waals surface area contributed by atoms with E-state index in [-0.39, 0.29) is 5.82 Å². The minimum Gasteiger partial charge on any atom is -0.253 e. The van der Waals surface area contributed by atoms with E-state index in [0.29, 0.717) is 10.0 Å². The number of halogens is 2. The monoisotopic (exact) mass is 327 g/mol. The number of rotatable bonds is 3. The Balaban J connectivity index is 2.11. The number of nitrogens with one attached hydrogen (secondary N) is 1. The van der Waals surface area contributed by atoms with Crippen LogP contribution in [0.5, 0.6) is 0 Å². The second-order valence-electron chi connectivity index (χ2n) is 3.79. The maximum atomic E-state index is 13.3. The fraction of sp³-hybridized carbons (Fsp3) is 0.167. The first-order valence-electron chi connectivity index (χ1n) is 5.23. The lowest BCUT2D eigenvalue weighted by Gasteiger charge is -2.01. The molecule has 1 N–H and O–H groups in total. The minimum absolute atomic E-state index is 0.234. The van der Waals surface area contributed by atoms with Crippen LogP contribution < -0.4 is 5.43 Å². The summed E-state index contributed by atoms with van der Waals surface area (Å²) in [5, 5.41) is 6.75. The lowest BCUT2D eigenvalue weighted by atomic mass is 10.1. The molecule has 6 heteroatoms. The molecule has 0 unspecified atom stereocenters. The first kappa shape index (κ1) is 13.2. The summed E-state index contributed by atoms with van der Waals surface area (Å²) in [5.74, 6) is -0.234. The molecule has 0 saturated heterocycles. The molecule has 0 radical (unpaired) electrons. The van der Waals surface area contributed by atoms with Gasteiger partial charge in [-0.3, -0.25) is 5.43 Å². The van der Waals surface area contributed by atoms with Crippen molar-refractivity contribution in [3.63, 3.8) is 0 Å². The molecule has 0 aliphatic heterocycles. The van der Waals surface area contributed by atoms with Crippen LogP contribution in [0.2, 0.25) is 0 Å². The number of thiazole rings is 1. The zero-order valence-electron chi connectivity index (χ0n) is 9.87. The summed E-state index contributed by atoms with van der Waals surface area (Å²) in [6.07, 6.45) is 1.63. The first-order chi connectivity index (χ1) is 8.56. The Morgan fingerprint density at radius 3 is 2.89 bits per heavy atom. The quantitative estimate of drug-likeness (QED) is 0.680. The predicted molar refractivity (Wildman–Crippen MR) is 76.9 cm³/mol. The molecule has 0 aliphatic rings. The van der Waals surface area contributed by atoms with Crippen molar-refractivity contribution in [3.05, 3.63) is 44.6 Å². The molecule has 1 aromatic heterocycles. The van der Waals surface area contributed by atoms with Crippen LogP contribution in [0.25, 0.3) is 0 Å². The Labute approximate surface area is 117 Å². The Morgan fingerprint density at radius 1 is 1.44 bits per heavy atom. The van der Waals surface area contributed by atoms with E-state index in [4.69, 9.17) is 0 Å². The summed E-state index contributed by atoms with van der Waals surface area (Å²) < 4.78 is 13.9. The van der Waals surface area contributed by atoms with Gasteiger partial charge in [0.1, 0.15) is 5.82 Å². The van der Waals surface area contributed by atoms with E-state index < -0.39 is 0 Å². The highest BCUT2D eigenvalue weighted by Crippen LogP contribution is 2.20. The lowest BCUT2D eigenvalue weighted by Crippen LogP contribution is -1.93. The third-order valence-electron chi connectivity index (χ3n) is 2.26. The van der Waals surface area contributed by atoms with Gasteiger partial charge < -0.3 is 0 Å². The number of anilines is 1. The van der Waals surface area contributed by atoms with Gasteiger partial charge in [-0.1, -0.05) is 15.9 Å². The van der Waals surface area contributed by atoms with Crippen LogP contribution in [0.4, 0.5) is 9.52 Å². The maximum absolute atomic E-state index is 13.3. The van der Waals surface area contributed by atoms with Crippen molar-refractivity contribution < 1.29 is 4.39 Å². The lowest BCUT2D eigenvalue weighted by molar-refractivity contribution is 0.617. The van der Waals surface area contributed by atoms with E-state index in [0.717, 1.165) is 16.4 Å². The van der Waals surface area contributed by atoms with Crippen LogP contribution >= 0.6 is 27.3 Å². The van der Waals surface area contributed by atoms with Gasteiger partial charge in [0.05, 0.1) is 11.9 Å². The van der Waals surface area contributed by atoms with E-state index in [2.05, 4.69) is 31.4 Å². The summed E-state index contributed by atoms with van der Waals surface area (Å²) in [6.45, 7) is 3.64. The topological polar surface area (TPSA) is 37.3 Å². The molecular formula is C12H11BrFN3S. The zero-order valence-corrected chi connectivity index (χ0v) is 12.3. The number of aryl methyl sites for hydroxylation is 2. The van der Waals surface area contributed by atoms with Gasteiger partial charge in [-0.2, -0.15) is 5.10 Å². The van der Waals surface area contributed by atoms with Gasteiger partial charge in [0, 0.05) is 15.4 Å². The molecule has 2 rings (SSSR count). The molecule has 2 aromatic rings. The SMILES string of the molecule is Cc1csc(NN=Cc2cc(C)c(F)cc2Br)n1. The smallest absolute Gasteiger partial charge is 0.203 e. The van der Waals surface area contributed by atoms with Crippen LogP contribution in [-0.4, -0.2) is 11.2 Å². The standard InChI is InChI=1S/C12H11BrFN3S/c1-7-3-9(10(13)4-11(7)14)5-15-17-12-16-8(2)6-18-12/h3-6H,1-2H3,(H,16,17). The predicted octanol–water partition coefficient (Wildman–Crippen LogP) is 4.11. The van der Waals surface area contributed by atoms with E-state index in [1.807, 2.05) is 12.3 Å². The van der Waals surface area contributed by atoms with Gasteiger partial charge in [-0.15, -0.1) is 11.3 Å². The van der Waals surface area contributed by atoms with Gasteiger partial charge >= 0.3 is 0 Å². The molecule has 1 aromatic carbocycles.